The molecule has 1 aliphatic rings. The summed E-state index contributed by atoms with van der Waals surface area (Å²) in [5.41, 5.74) is 1.23. The van der Waals surface area contributed by atoms with Gasteiger partial charge in [0.25, 0.3) is 5.91 Å². The molecule has 0 aliphatic heterocycles. The van der Waals surface area contributed by atoms with Gasteiger partial charge in [-0.15, -0.1) is 0 Å². The summed E-state index contributed by atoms with van der Waals surface area (Å²) in [6.07, 6.45) is 2.02. The summed E-state index contributed by atoms with van der Waals surface area (Å²) in [6.45, 7) is 0. The minimum Gasteiger partial charge on any atom is -0.478 e. The highest BCUT2D eigenvalue weighted by atomic mass is 19.1. The van der Waals surface area contributed by atoms with Gasteiger partial charge in [0.05, 0.1) is 11.6 Å². The molecule has 0 radical (unpaired) electrons. The Morgan fingerprint density at radius 2 is 1.74 bits per heavy atom. The summed E-state index contributed by atoms with van der Waals surface area (Å²) in [7, 11) is 0. The van der Waals surface area contributed by atoms with E-state index < -0.39 is 5.97 Å². The van der Waals surface area contributed by atoms with E-state index in [1.807, 2.05) is 0 Å². The van der Waals surface area contributed by atoms with Crippen molar-refractivity contribution in [2.45, 2.75) is 18.9 Å². The van der Waals surface area contributed by atoms with Crippen molar-refractivity contribution in [1.29, 1.82) is 0 Å². The maximum Gasteiger partial charge on any atom is 0.335 e. The number of nitrogens with one attached hydrogen (secondary N) is 1. The van der Waals surface area contributed by atoms with Gasteiger partial charge in [0.2, 0.25) is 0 Å². The number of carbonyl (C=O) groups is 2. The Bertz CT molecular complexity index is 738. The van der Waals surface area contributed by atoms with Crippen LogP contribution in [-0.4, -0.2) is 17.0 Å². The molecule has 5 heteroatoms. The molecule has 1 aliphatic carbocycles. The Balaban J connectivity index is 1.80. The highest BCUT2D eigenvalue weighted by Gasteiger charge is 2.33. The predicted molar refractivity (Wildman–Crippen MR) is 82.7 cm³/mol. The standard InChI is InChI=1S/C18H16FNO3/c19-15-8-6-12(7-9-15)16(11-4-5-11)20-17(21)13-2-1-3-14(10-13)18(22)23/h1-3,6-11,16H,4-5H2,(H,20,21)(H,22,23). The second kappa shape index (κ2) is 6.20. The third-order valence-electron chi connectivity index (χ3n) is 3.98. The summed E-state index contributed by atoms with van der Waals surface area (Å²) < 4.78 is 13.1. The molecule has 2 N–H and O–H groups in total. The Morgan fingerprint density at radius 1 is 1.09 bits per heavy atom. The van der Waals surface area contributed by atoms with Gasteiger partial charge in [-0.3, -0.25) is 4.79 Å². The van der Waals surface area contributed by atoms with Gasteiger partial charge in [0.15, 0.2) is 0 Å². The van der Waals surface area contributed by atoms with E-state index in [1.54, 1.807) is 24.3 Å². The number of carboxylic acids is 1. The van der Waals surface area contributed by atoms with Crippen LogP contribution in [0.2, 0.25) is 0 Å². The van der Waals surface area contributed by atoms with E-state index >= 15 is 0 Å². The average Bonchev–Trinajstić information content (AvgIpc) is 3.38. The number of amides is 1. The van der Waals surface area contributed by atoms with E-state index in [1.165, 1.54) is 24.3 Å². The van der Waals surface area contributed by atoms with Crippen LogP contribution in [0, 0.1) is 11.7 Å². The van der Waals surface area contributed by atoms with Gasteiger partial charge < -0.3 is 10.4 Å². The molecular formula is C18H16FNO3. The van der Waals surface area contributed by atoms with Crippen molar-refractivity contribution in [1.82, 2.24) is 5.32 Å². The molecule has 0 saturated heterocycles. The number of halogens is 1. The van der Waals surface area contributed by atoms with Crippen LogP contribution in [0.3, 0.4) is 0 Å². The van der Waals surface area contributed by atoms with Crippen LogP contribution in [0.5, 0.6) is 0 Å². The van der Waals surface area contributed by atoms with Crippen molar-refractivity contribution >= 4 is 11.9 Å². The number of rotatable bonds is 5. The number of aromatic carboxylic acids is 1. The van der Waals surface area contributed by atoms with E-state index in [2.05, 4.69) is 5.32 Å². The summed E-state index contributed by atoms with van der Waals surface area (Å²) >= 11 is 0. The van der Waals surface area contributed by atoms with Crippen molar-refractivity contribution in [3.63, 3.8) is 0 Å². The minimum atomic E-state index is -1.07. The van der Waals surface area contributed by atoms with Crippen molar-refractivity contribution in [2.75, 3.05) is 0 Å². The van der Waals surface area contributed by atoms with E-state index in [4.69, 9.17) is 5.11 Å². The SMILES string of the molecule is O=C(O)c1cccc(C(=O)NC(c2ccc(F)cc2)C2CC2)c1. The van der Waals surface area contributed by atoms with Crippen LogP contribution >= 0.6 is 0 Å². The molecule has 2 aromatic rings. The number of carbonyl (C=O) groups excluding carboxylic acids is 1. The Kier molecular flexibility index (Phi) is 4.10. The monoisotopic (exact) mass is 313 g/mol. The minimum absolute atomic E-state index is 0.0717. The largest absolute Gasteiger partial charge is 0.478 e. The summed E-state index contributed by atoms with van der Waals surface area (Å²) in [6, 6.07) is 11.8. The van der Waals surface area contributed by atoms with E-state index in [0.717, 1.165) is 18.4 Å². The first-order valence-electron chi connectivity index (χ1n) is 7.44. The summed E-state index contributed by atoms with van der Waals surface area (Å²) in [5, 5.41) is 12.0. The van der Waals surface area contributed by atoms with Crippen molar-refractivity contribution in [3.8, 4) is 0 Å². The molecule has 0 spiro atoms. The zero-order valence-electron chi connectivity index (χ0n) is 12.3. The topological polar surface area (TPSA) is 66.4 Å². The zero-order valence-corrected chi connectivity index (χ0v) is 12.3. The van der Waals surface area contributed by atoms with Gasteiger partial charge in [0.1, 0.15) is 5.82 Å². The summed E-state index contributed by atoms with van der Waals surface area (Å²) in [4.78, 5) is 23.4. The molecule has 1 fully saturated rings. The lowest BCUT2D eigenvalue weighted by Crippen LogP contribution is -2.30. The molecule has 2 aromatic carbocycles. The van der Waals surface area contributed by atoms with Gasteiger partial charge in [-0.25, -0.2) is 9.18 Å². The molecule has 1 atom stereocenters. The molecule has 1 saturated carbocycles. The fourth-order valence-electron chi connectivity index (χ4n) is 2.59. The molecule has 0 bridgehead atoms. The van der Waals surface area contributed by atoms with Crippen LogP contribution in [-0.2, 0) is 0 Å². The molecule has 118 valence electrons. The Labute approximate surface area is 133 Å². The molecular weight excluding hydrogens is 297 g/mol. The number of hydrogen-bond acceptors (Lipinski definition) is 2. The van der Waals surface area contributed by atoms with Crippen LogP contribution < -0.4 is 5.32 Å². The number of hydrogen-bond donors (Lipinski definition) is 2. The van der Waals surface area contributed by atoms with Crippen molar-refractivity contribution in [3.05, 3.63) is 71.0 Å². The van der Waals surface area contributed by atoms with Gasteiger partial charge in [-0.1, -0.05) is 18.2 Å². The van der Waals surface area contributed by atoms with E-state index in [0.29, 0.717) is 11.5 Å². The van der Waals surface area contributed by atoms with Crippen molar-refractivity contribution < 1.29 is 19.1 Å². The zero-order chi connectivity index (χ0) is 16.4. The fourth-order valence-corrected chi connectivity index (χ4v) is 2.59. The third kappa shape index (κ3) is 3.56. The lowest BCUT2D eigenvalue weighted by atomic mass is 10.0. The van der Waals surface area contributed by atoms with Gasteiger partial charge in [0, 0.05) is 5.56 Å². The lowest BCUT2D eigenvalue weighted by Gasteiger charge is -2.19. The van der Waals surface area contributed by atoms with Gasteiger partial charge >= 0.3 is 5.97 Å². The van der Waals surface area contributed by atoms with Crippen LogP contribution in [0.15, 0.2) is 48.5 Å². The second-order valence-corrected chi connectivity index (χ2v) is 5.73. The molecule has 1 amide bonds. The highest BCUT2D eigenvalue weighted by Crippen LogP contribution is 2.41. The number of carboxylic acid groups (broad SMARTS) is 1. The maximum atomic E-state index is 13.1. The lowest BCUT2D eigenvalue weighted by molar-refractivity contribution is 0.0697. The molecule has 3 rings (SSSR count). The number of benzene rings is 2. The first-order valence-corrected chi connectivity index (χ1v) is 7.44. The molecule has 1 unspecified atom stereocenters. The Hall–Kier alpha value is -2.69. The van der Waals surface area contributed by atoms with E-state index in [-0.39, 0.29) is 23.3 Å². The van der Waals surface area contributed by atoms with Gasteiger partial charge in [-0.05, 0) is 54.7 Å². The van der Waals surface area contributed by atoms with Gasteiger partial charge in [-0.2, -0.15) is 0 Å². The maximum absolute atomic E-state index is 13.1. The van der Waals surface area contributed by atoms with Crippen molar-refractivity contribution in [2.24, 2.45) is 5.92 Å². The van der Waals surface area contributed by atoms with Crippen LogP contribution in [0.1, 0.15) is 45.2 Å². The molecule has 4 nitrogen and oxygen atoms in total. The third-order valence-corrected chi connectivity index (χ3v) is 3.98. The average molecular weight is 313 g/mol. The summed E-state index contributed by atoms with van der Waals surface area (Å²) in [5.74, 6) is -1.37. The van der Waals surface area contributed by atoms with Crippen LogP contribution in [0.25, 0.3) is 0 Å². The first-order chi connectivity index (χ1) is 11.0. The molecule has 0 heterocycles. The quantitative estimate of drug-likeness (QED) is 0.889. The first kappa shape index (κ1) is 15.2. The van der Waals surface area contributed by atoms with Crippen LogP contribution in [0.4, 0.5) is 4.39 Å². The second-order valence-electron chi connectivity index (χ2n) is 5.73. The molecule has 0 aromatic heterocycles. The van der Waals surface area contributed by atoms with E-state index in [9.17, 15) is 14.0 Å². The predicted octanol–water partition coefficient (Wildman–Crippen LogP) is 3.41. The highest BCUT2D eigenvalue weighted by molar-refractivity contribution is 5.97. The normalized spacial score (nSPS) is 15.0. The Morgan fingerprint density at radius 3 is 2.35 bits per heavy atom. The smallest absolute Gasteiger partial charge is 0.335 e. The fraction of sp³-hybridized carbons (Fsp3) is 0.222. The molecule has 23 heavy (non-hydrogen) atoms.